The molecule has 2 saturated carbocycles. The molecule has 14 heavy (non-hydrogen) atoms. The van der Waals surface area contributed by atoms with E-state index in [9.17, 15) is 0 Å². The van der Waals surface area contributed by atoms with E-state index in [0.29, 0.717) is 6.04 Å². The summed E-state index contributed by atoms with van der Waals surface area (Å²) in [5, 5.41) is 3.58. The van der Waals surface area contributed by atoms with Crippen LogP contribution in [0, 0.1) is 11.8 Å². The van der Waals surface area contributed by atoms with Gasteiger partial charge in [0.25, 0.3) is 0 Å². The van der Waals surface area contributed by atoms with Crippen molar-refractivity contribution in [3.8, 4) is 0 Å². The van der Waals surface area contributed by atoms with Gasteiger partial charge in [-0.25, -0.2) is 0 Å². The molecule has 0 aromatic heterocycles. The molecule has 3 N–H and O–H groups in total. The van der Waals surface area contributed by atoms with E-state index < -0.39 is 0 Å². The molecule has 0 heterocycles. The maximum Gasteiger partial charge on any atom is 0.00792 e. The van der Waals surface area contributed by atoms with E-state index in [-0.39, 0.29) is 0 Å². The first kappa shape index (κ1) is 10.4. The van der Waals surface area contributed by atoms with E-state index >= 15 is 0 Å². The Morgan fingerprint density at radius 1 is 1.07 bits per heavy atom. The van der Waals surface area contributed by atoms with Gasteiger partial charge in [-0.05, 0) is 44.2 Å². The van der Waals surface area contributed by atoms with Crippen molar-refractivity contribution in [2.24, 2.45) is 17.6 Å². The normalized spacial score (nSPS) is 33.2. The number of rotatable bonds is 5. The van der Waals surface area contributed by atoms with Gasteiger partial charge in [0.05, 0.1) is 0 Å². The molecule has 0 aliphatic heterocycles. The molecule has 0 aromatic rings. The summed E-state index contributed by atoms with van der Waals surface area (Å²) in [6.45, 7) is 2.38. The maximum absolute atomic E-state index is 6.02. The van der Waals surface area contributed by atoms with Crippen molar-refractivity contribution in [1.82, 2.24) is 5.32 Å². The van der Waals surface area contributed by atoms with Crippen LogP contribution in [0.1, 0.15) is 44.9 Å². The molecule has 2 rings (SSSR count). The topological polar surface area (TPSA) is 38.0 Å². The summed E-state index contributed by atoms with van der Waals surface area (Å²) in [5.74, 6) is 1.80. The molecule has 2 aliphatic carbocycles. The Hall–Kier alpha value is -0.0800. The average molecular weight is 196 g/mol. The van der Waals surface area contributed by atoms with Gasteiger partial charge in [0.1, 0.15) is 0 Å². The van der Waals surface area contributed by atoms with E-state index in [0.717, 1.165) is 18.4 Å². The number of hydrogen-bond donors (Lipinski definition) is 2. The zero-order chi connectivity index (χ0) is 9.80. The van der Waals surface area contributed by atoms with Crippen molar-refractivity contribution >= 4 is 0 Å². The molecule has 0 radical (unpaired) electrons. The highest BCUT2D eigenvalue weighted by Gasteiger charge is 2.23. The fourth-order valence-corrected chi connectivity index (χ4v) is 2.69. The third-order valence-electron chi connectivity index (χ3n) is 4.08. The molecule has 2 nitrogen and oxygen atoms in total. The van der Waals surface area contributed by atoms with Crippen LogP contribution >= 0.6 is 0 Å². The van der Waals surface area contributed by atoms with Crippen LogP contribution in [-0.2, 0) is 0 Å². The monoisotopic (exact) mass is 196 g/mol. The Bertz CT molecular complexity index is 166. The van der Waals surface area contributed by atoms with Crippen molar-refractivity contribution in [2.45, 2.75) is 51.0 Å². The largest absolute Gasteiger partial charge is 0.327 e. The van der Waals surface area contributed by atoms with Gasteiger partial charge in [-0.15, -0.1) is 0 Å². The van der Waals surface area contributed by atoms with E-state index in [4.69, 9.17) is 5.73 Å². The lowest BCUT2D eigenvalue weighted by Crippen LogP contribution is -2.34. The zero-order valence-corrected chi connectivity index (χ0v) is 9.17. The Labute approximate surface area is 87.6 Å². The molecular formula is C12H24N2. The van der Waals surface area contributed by atoms with Crippen molar-refractivity contribution in [1.29, 1.82) is 0 Å². The first-order valence-electron chi connectivity index (χ1n) is 6.32. The minimum Gasteiger partial charge on any atom is -0.327 e. The van der Waals surface area contributed by atoms with Gasteiger partial charge in [0.15, 0.2) is 0 Å². The van der Waals surface area contributed by atoms with Gasteiger partial charge in [-0.2, -0.15) is 0 Å². The number of nitrogens with two attached hydrogens (primary N) is 1. The first-order chi connectivity index (χ1) is 6.86. The van der Waals surface area contributed by atoms with Gasteiger partial charge in [-0.3, -0.25) is 0 Å². The second kappa shape index (κ2) is 5.13. The van der Waals surface area contributed by atoms with Crippen LogP contribution in [0.5, 0.6) is 0 Å². The summed E-state index contributed by atoms with van der Waals surface area (Å²) >= 11 is 0. The lowest BCUT2D eigenvalue weighted by Gasteiger charge is -2.25. The fraction of sp³-hybridized carbons (Fsp3) is 1.00. The van der Waals surface area contributed by atoms with Crippen molar-refractivity contribution in [3.05, 3.63) is 0 Å². The molecule has 82 valence electrons. The SMILES string of the molecule is NC1CCCC1CNCCC1CCC1. The summed E-state index contributed by atoms with van der Waals surface area (Å²) in [6.07, 6.45) is 9.75. The van der Waals surface area contributed by atoms with E-state index in [2.05, 4.69) is 5.32 Å². The highest BCUT2D eigenvalue weighted by Crippen LogP contribution is 2.29. The molecule has 0 spiro atoms. The molecule has 2 heteroatoms. The van der Waals surface area contributed by atoms with Crippen LogP contribution in [-0.4, -0.2) is 19.1 Å². The molecule has 2 atom stereocenters. The van der Waals surface area contributed by atoms with Gasteiger partial charge in [0.2, 0.25) is 0 Å². The number of hydrogen-bond acceptors (Lipinski definition) is 2. The first-order valence-corrected chi connectivity index (χ1v) is 6.32. The lowest BCUT2D eigenvalue weighted by atomic mass is 9.83. The molecule has 2 fully saturated rings. The second-order valence-electron chi connectivity index (χ2n) is 5.14. The van der Waals surface area contributed by atoms with E-state index in [1.807, 2.05) is 0 Å². The lowest BCUT2D eigenvalue weighted by molar-refractivity contribution is 0.288. The molecule has 2 unspecified atom stereocenters. The quantitative estimate of drug-likeness (QED) is 0.659. The van der Waals surface area contributed by atoms with Crippen LogP contribution in [0.25, 0.3) is 0 Å². The standard InChI is InChI=1S/C12H24N2/c13-12-6-2-5-11(12)9-14-8-7-10-3-1-4-10/h10-12,14H,1-9,13H2. The summed E-state index contributed by atoms with van der Waals surface area (Å²) in [7, 11) is 0. The van der Waals surface area contributed by atoms with Crippen LogP contribution in [0.4, 0.5) is 0 Å². The zero-order valence-electron chi connectivity index (χ0n) is 9.17. The maximum atomic E-state index is 6.02. The third kappa shape index (κ3) is 2.71. The molecule has 0 amide bonds. The smallest absolute Gasteiger partial charge is 0.00792 e. The van der Waals surface area contributed by atoms with Crippen molar-refractivity contribution in [2.75, 3.05) is 13.1 Å². The minimum absolute atomic E-state index is 0.478. The number of nitrogens with one attached hydrogen (secondary N) is 1. The van der Waals surface area contributed by atoms with Crippen molar-refractivity contribution in [3.63, 3.8) is 0 Å². The second-order valence-corrected chi connectivity index (χ2v) is 5.14. The Morgan fingerprint density at radius 3 is 2.43 bits per heavy atom. The molecule has 0 saturated heterocycles. The highest BCUT2D eigenvalue weighted by atomic mass is 14.9. The Balaban J connectivity index is 1.49. The van der Waals surface area contributed by atoms with Gasteiger partial charge < -0.3 is 11.1 Å². The van der Waals surface area contributed by atoms with Gasteiger partial charge >= 0.3 is 0 Å². The summed E-state index contributed by atoms with van der Waals surface area (Å²) < 4.78 is 0. The fourth-order valence-electron chi connectivity index (χ4n) is 2.69. The van der Waals surface area contributed by atoms with Crippen LogP contribution in [0.15, 0.2) is 0 Å². The molecular weight excluding hydrogens is 172 g/mol. The van der Waals surface area contributed by atoms with E-state index in [1.165, 1.54) is 51.5 Å². The molecule has 0 aromatic carbocycles. The third-order valence-corrected chi connectivity index (χ3v) is 4.08. The van der Waals surface area contributed by atoms with Gasteiger partial charge in [0, 0.05) is 6.04 Å². The van der Waals surface area contributed by atoms with E-state index in [1.54, 1.807) is 0 Å². The Morgan fingerprint density at radius 2 is 1.86 bits per heavy atom. The summed E-state index contributed by atoms with van der Waals surface area (Å²) in [6, 6.07) is 0.478. The van der Waals surface area contributed by atoms with Crippen LogP contribution < -0.4 is 11.1 Å². The van der Waals surface area contributed by atoms with Crippen molar-refractivity contribution < 1.29 is 0 Å². The Kier molecular flexibility index (Phi) is 3.82. The summed E-state index contributed by atoms with van der Waals surface area (Å²) in [4.78, 5) is 0. The van der Waals surface area contributed by atoms with Gasteiger partial charge in [-0.1, -0.05) is 25.7 Å². The predicted octanol–water partition coefficient (Wildman–Crippen LogP) is 1.89. The predicted molar refractivity (Wildman–Crippen MR) is 60.1 cm³/mol. The molecule has 0 bridgehead atoms. The minimum atomic E-state index is 0.478. The molecule has 2 aliphatic rings. The van der Waals surface area contributed by atoms with Crippen LogP contribution in [0.3, 0.4) is 0 Å². The highest BCUT2D eigenvalue weighted by molar-refractivity contribution is 4.81. The average Bonchev–Trinajstić information content (AvgIpc) is 2.48. The summed E-state index contributed by atoms with van der Waals surface area (Å²) in [5.41, 5.74) is 6.02. The van der Waals surface area contributed by atoms with Crippen LogP contribution in [0.2, 0.25) is 0 Å².